The molecule has 1 aliphatic rings. The summed E-state index contributed by atoms with van der Waals surface area (Å²) in [4.78, 5) is 30.0. The summed E-state index contributed by atoms with van der Waals surface area (Å²) >= 11 is 6.95. The fourth-order valence-corrected chi connectivity index (χ4v) is 3.73. The molecule has 3 heterocycles. The maximum atomic E-state index is 12.9. The first-order valence-corrected chi connectivity index (χ1v) is 10.8. The first-order chi connectivity index (χ1) is 15.5. The molecule has 32 heavy (non-hydrogen) atoms. The molecule has 0 atom stereocenters. The number of amides is 1. The summed E-state index contributed by atoms with van der Waals surface area (Å²) < 4.78 is 11.0. The Morgan fingerprint density at radius 2 is 1.97 bits per heavy atom. The van der Waals surface area contributed by atoms with Crippen molar-refractivity contribution in [2.24, 2.45) is 0 Å². The Labute approximate surface area is 191 Å². The van der Waals surface area contributed by atoms with Crippen LogP contribution in [0.1, 0.15) is 26.4 Å². The molecule has 3 aromatic rings. The van der Waals surface area contributed by atoms with Crippen LogP contribution >= 0.6 is 22.9 Å². The van der Waals surface area contributed by atoms with Crippen LogP contribution in [0.3, 0.4) is 0 Å². The third-order valence-electron chi connectivity index (χ3n) is 4.60. The Balaban J connectivity index is 1.46. The van der Waals surface area contributed by atoms with E-state index in [0.29, 0.717) is 42.2 Å². The van der Waals surface area contributed by atoms with E-state index in [1.807, 2.05) is 17.0 Å². The molecule has 0 unspecified atom stereocenters. The van der Waals surface area contributed by atoms with E-state index < -0.39 is 11.9 Å². The summed E-state index contributed by atoms with van der Waals surface area (Å²) in [6.07, 6.45) is 1.25. The molecule has 1 fully saturated rings. The van der Waals surface area contributed by atoms with E-state index in [2.05, 4.69) is 20.5 Å². The van der Waals surface area contributed by atoms with Gasteiger partial charge in [-0.1, -0.05) is 28.8 Å². The second-order valence-corrected chi connectivity index (χ2v) is 8.11. The Bertz CT molecular complexity index is 1120. The van der Waals surface area contributed by atoms with Gasteiger partial charge in [-0.2, -0.15) is 0 Å². The molecule has 0 bridgehead atoms. The Morgan fingerprint density at radius 3 is 2.69 bits per heavy atom. The standard InChI is InChI=1S/C20H18ClN5O5S/c21-13-3-1-12(2-4-13)11-31-20-25-24-19(32-20)23-17(27)14-10-22-15(18(28)29)9-16(14)26-5-7-30-8-6-26/h1-4,9-10H,5-8,11H2,(H,28,29)(H,23,24,27). The summed E-state index contributed by atoms with van der Waals surface area (Å²) in [5.41, 5.74) is 1.48. The van der Waals surface area contributed by atoms with Gasteiger partial charge in [0, 0.05) is 24.3 Å². The number of carboxylic acids is 1. The number of morpholine rings is 1. The molecule has 0 saturated carbocycles. The predicted octanol–water partition coefficient (Wildman–Crippen LogP) is 2.95. The van der Waals surface area contributed by atoms with Crippen LogP contribution in [0.15, 0.2) is 36.5 Å². The lowest BCUT2D eigenvalue weighted by Crippen LogP contribution is -2.37. The highest BCUT2D eigenvalue weighted by atomic mass is 35.5. The summed E-state index contributed by atoms with van der Waals surface area (Å²) in [6, 6.07) is 8.60. The molecule has 2 aromatic heterocycles. The molecule has 12 heteroatoms. The van der Waals surface area contributed by atoms with Crippen LogP contribution < -0.4 is 15.0 Å². The van der Waals surface area contributed by atoms with Gasteiger partial charge in [-0.15, -0.1) is 5.10 Å². The molecule has 1 saturated heterocycles. The minimum absolute atomic E-state index is 0.142. The number of carboxylic acid groups (broad SMARTS) is 1. The number of nitrogens with zero attached hydrogens (tertiary/aromatic N) is 4. The van der Waals surface area contributed by atoms with E-state index in [1.165, 1.54) is 12.3 Å². The Morgan fingerprint density at radius 1 is 1.22 bits per heavy atom. The van der Waals surface area contributed by atoms with Crippen molar-refractivity contribution in [3.8, 4) is 5.19 Å². The van der Waals surface area contributed by atoms with E-state index in [-0.39, 0.29) is 23.0 Å². The van der Waals surface area contributed by atoms with Gasteiger partial charge in [0.1, 0.15) is 12.3 Å². The van der Waals surface area contributed by atoms with Crippen molar-refractivity contribution in [3.05, 3.63) is 58.4 Å². The average molecular weight is 476 g/mol. The molecule has 1 amide bonds. The molecule has 1 aromatic carbocycles. The van der Waals surface area contributed by atoms with Crippen LogP contribution in [-0.2, 0) is 11.3 Å². The minimum atomic E-state index is -1.17. The number of ether oxygens (including phenoxy) is 2. The number of anilines is 2. The maximum Gasteiger partial charge on any atom is 0.354 e. The molecule has 4 rings (SSSR count). The number of carbonyl (C=O) groups excluding carboxylic acids is 1. The molecule has 0 spiro atoms. The predicted molar refractivity (Wildman–Crippen MR) is 118 cm³/mol. The highest BCUT2D eigenvalue weighted by molar-refractivity contribution is 7.17. The second-order valence-electron chi connectivity index (χ2n) is 6.73. The molecule has 0 radical (unpaired) electrons. The van der Waals surface area contributed by atoms with Crippen LogP contribution in [0.4, 0.5) is 10.8 Å². The number of aromatic carboxylic acids is 1. The summed E-state index contributed by atoms with van der Waals surface area (Å²) in [7, 11) is 0. The molecule has 10 nitrogen and oxygen atoms in total. The van der Waals surface area contributed by atoms with Crippen molar-refractivity contribution in [1.29, 1.82) is 0 Å². The lowest BCUT2D eigenvalue weighted by Gasteiger charge is -2.30. The summed E-state index contributed by atoms with van der Waals surface area (Å²) in [5, 5.41) is 21.0. The van der Waals surface area contributed by atoms with Crippen molar-refractivity contribution < 1.29 is 24.2 Å². The van der Waals surface area contributed by atoms with Crippen LogP contribution in [0, 0.1) is 0 Å². The zero-order valence-electron chi connectivity index (χ0n) is 16.7. The Kier molecular flexibility index (Phi) is 6.78. The highest BCUT2D eigenvalue weighted by Crippen LogP contribution is 2.27. The number of nitrogens with one attached hydrogen (secondary N) is 1. The van der Waals surface area contributed by atoms with Gasteiger partial charge in [-0.25, -0.2) is 9.78 Å². The zero-order chi connectivity index (χ0) is 22.5. The molecular weight excluding hydrogens is 458 g/mol. The van der Waals surface area contributed by atoms with Gasteiger partial charge in [0.05, 0.1) is 24.5 Å². The largest absolute Gasteiger partial charge is 0.477 e. The van der Waals surface area contributed by atoms with Gasteiger partial charge in [-0.05, 0) is 35.1 Å². The fraction of sp³-hybridized carbons (Fsp3) is 0.250. The molecule has 2 N–H and O–H groups in total. The Hall–Kier alpha value is -3.28. The average Bonchev–Trinajstić information content (AvgIpc) is 3.26. The lowest BCUT2D eigenvalue weighted by molar-refractivity contribution is 0.0690. The van der Waals surface area contributed by atoms with Crippen molar-refractivity contribution >= 4 is 45.6 Å². The van der Waals surface area contributed by atoms with E-state index in [1.54, 1.807) is 12.1 Å². The first-order valence-electron chi connectivity index (χ1n) is 9.58. The van der Waals surface area contributed by atoms with E-state index >= 15 is 0 Å². The molecular formula is C20H18ClN5O5S. The smallest absolute Gasteiger partial charge is 0.354 e. The van der Waals surface area contributed by atoms with E-state index in [9.17, 15) is 14.7 Å². The van der Waals surface area contributed by atoms with E-state index in [4.69, 9.17) is 21.1 Å². The third-order valence-corrected chi connectivity index (χ3v) is 5.60. The van der Waals surface area contributed by atoms with Gasteiger partial charge in [0.15, 0.2) is 0 Å². The third kappa shape index (κ3) is 5.31. The molecule has 1 aliphatic heterocycles. The summed E-state index contributed by atoms with van der Waals surface area (Å²) in [5.74, 6) is -1.64. The normalized spacial score (nSPS) is 13.6. The van der Waals surface area contributed by atoms with Gasteiger partial charge >= 0.3 is 5.97 Å². The number of halogens is 1. The van der Waals surface area contributed by atoms with Gasteiger partial charge in [0.2, 0.25) is 5.13 Å². The van der Waals surface area contributed by atoms with Crippen LogP contribution in [0.25, 0.3) is 0 Å². The molecule has 166 valence electrons. The van der Waals surface area contributed by atoms with E-state index in [0.717, 1.165) is 16.9 Å². The number of pyridine rings is 1. The van der Waals surface area contributed by atoms with Gasteiger partial charge < -0.3 is 19.5 Å². The fourth-order valence-electron chi connectivity index (χ4n) is 3.01. The maximum absolute atomic E-state index is 12.9. The van der Waals surface area contributed by atoms with Crippen molar-refractivity contribution in [2.75, 3.05) is 36.5 Å². The van der Waals surface area contributed by atoms with Crippen molar-refractivity contribution in [2.45, 2.75) is 6.61 Å². The zero-order valence-corrected chi connectivity index (χ0v) is 18.2. The number of rotatable bonds is 7. The summed E-state index contributed by atoms with van der Waals surface area (Å²) in [6.45, 7) is 2.31. The van der Waals surface area contributed by atoms with Crippen LogP contribution in [-0.4, -0.2) is 58.5 Å². The second kappa shape index (κ2) is 9.90. The SMILES string of the molecule is O=C(O)c1cc(N2CCOCC2)c(C(=O)Nc2nnc(OCc3ccc(Cl)cc3)s2)cn1. The number of benzene rings is 1. The topological polar surface area (TPSA) is 127 Å². The first kappa shape index (κ1) is 21.9. The minimum Gasteiger partial charge on any atom is -0.477 e. The van der Waals surface area contributed by atoms with Gasteiger partial charge in [0.25, 0.3) is 11.1 Å². The monoisotopic (exact) mass is 475 g/mol. The quantitative estimate of drug-likeness (QED) is 0.530. The highest BCUT2D eigenvalue weighted by Gasteiger charge is 2.22. The van der Waals surface area contributed by atoms with Gasteiger partial charge in [-0.3, -0.25) is 10.1 Å². The molecule has 0 aliphatic carbocycles. The van der Waals surface area contributed by atoms with Crippen molar-refractivity contribution in [3.63, 3.8) is 0 Å². The lowest BCUT2D eigenvalue weighted by atomic mass is 10.1. The van der Waals surface area contributed by atoms with Crippen LogP contribution in [0.5, 0.6) is 5.19 Å². The number of hydrogen-bond acceptors (Lipinski definition) is 9. The number of aromatic nitrogens is 3. The van der Waals surface area contributed by atoms with Crippen LogP contribution in [0.2, 0.25) is 5.02 Å². The number of carbonyl (C=O) groups is 2. The van der Waals surface area contributed by atoms with Crippen molar-refractivity contribution in [1.82, 2.24) is 15.2 Å². The number of hydrogen-bond donors (Lipinski definition) is 2.